The predicted molar refractivity (Wildman–Crippen MR) is 47.7 cm³/mol. The molecule has 11 heavy (non-hydrogen) atoms. The molecule has 0 saturated heterocycles. The molecule has 0 unspecified atom stereocenters. The van der Waals surface area contributed by atoms with E-state index in [0.717, 1.165) is 32.6 Å². The highest BCUT2D eigenvalue weighted by Crippen LogP contribution is 1.88. The first-order valence-electron chi connectivity index (χ1n) is 4.33. The summed E-state index contributed by atoms with van der Waals surface area (Å²) in [6.07, 6.45) is 1.16. The molecule has 0 aliphatic heterocycles. The van der Waals surface area contributed by atoms with E-state index in [2.05, 4.69) is 17.1 Å². The Kier molecular flexibility index (Phi) is 7.89. The van der Waals surface area contributed by atoms with Crippen molar-refractivity contribution >= 4 is 0 Å². The molecule has 0 fully saturated rings. The Bertz CT molecular complexity index is 72.5. The molecule has 3 heteroatoms. The van der Waals surface area contributed by atoms with E-state index >= 15 is 0 Å². The summed E-state index contributed by atoms with van der Waals surface area (Å²) in [4.78, 5) is 2.26. The number of rotatable bonds is 7. The first-order valence-corrected chi connectivity index (χ1v) is 4.33. The Morgan fingerprint density at radius 3 is 2.45 bits per heavy atom. The third-order valence-electron chi connectivity index (χ3n) is 1.63. The second-order valence-electron chi connectivity index (χ2n) is 2.67. The third kappa shape index (κ3) is 6.28. The second kappa shape index (κ2) is 7.98. The van der Waals surface area contributed by atoms with Gasteiger partial charge in [-0.1, -0.05) is 6.92 Å². The van der Waals surface area contributed by atoms with Gasteiger partial charge >= 0.3 is 0 Å². The van der Waals surface area contributed by atoms with Gasteiger partial charge in [0.2, 0.25) is 0 Å². The maximum absolute atomic E-state index is 8.70. The summed E-state index contributed by atoms with van der Waals surface area (Å²) in [5, 5.41) is 11.8. The highest BCUT2D eigenvalue weighted by Gasteiger charge is 2.00. The van der Waals surface area contributed by atoms with E-state index in [0.29, 0.717) is 0 Å². The molecule has 0 heterocycles. The minimum Gasteiger partial charge on any atom is -0.395 e. The van der Waals surface area contributed by atoms with Gasteiger partial charge in [0, 0.05) is 19.6 Å². The van der Waals surface area contributed by atoms with Crippen LogP contribution in [0.25, 0.3) is 0 Å². The summed E-state index contributed by atoms with van der Waals surface area (Å²) in [5.74, 6) is 0. The lowest BCUT2D eigenvalue weighted by molar-refractivity contribution is 0.197. The first kappa shape index (κ1) is 10.9. The predicted octanol–water partition coefficient (Wildman–Crippen LogP) is -0.0899. The molecule has 0 aromatic rings. The van der Waals surface area contributed by atoms with Gasteiger partial charge < -0.3 is 10.4 Å². The Morgan fingerprint density at radius 2 is 2.00 bits per heavy atom. The molecule has 0 saturated carbocycles. The molecule has 0 aliphatic rings. The normalized spacial score (nSPS) is 10.9. The molecule has 68 valence electrons. The highest BCUT2D eigenvalue weighted by atomic mass is 16.3. The van der Waals surface area contributed by atoms with Crippen LogP contribution in [0.3, 0.4) is 0 Å². The van der Waals surface area contributed by atoms with Gasteiger partial charge in [-0.25, -0.2) is 0 Å². The van der Waals surface area contributed by atoms with Crippen LogP contribution < -0.4 is 5.32 Å². The smallest absolute Gasteiger partial charge is 0.0558 e. The van der Waals surface area contributed by atoms with Crippen molar-refractivity contribution < 1.29 is 5.11 Å². The van der Waals surface area contributed by atoms with Gasteiger partial charge in [0.25, 0.3) is 0 Å². The quantitative estimate of drug-likeness (QED) is 0.546. The lowest BCUT2D eigenvalue weighted by atomic mass is 10.4. The van der Waals surface area contributed by atoms with Crippen LogP contribution in [0.5, 0.6) is 0 Å². The number of nitrogens with one attached hydrogen (secondary N) is 1. The number of hydrogen-bond donors (Lipinski definition) is 2. The van der Waals surface area contributed by atoms with Crippen molar-refractivity contribution in [3.05, 3.63) is 0 Å². The van der Waals surface area contributed by atoms with E-state index in [4.69, 9.17) is 5.11 Å². The van der Waals surface area contributed by atoms with Crippen molar-refractivity contribution in [1.82, 2.24) is 10.2 Å². The highest BCUT2D eigenvalue weighted by molar-refractivity contribution is 4.56. The molecule has 3 nitrogen and oxygen atoms in total. The number of nitrogens with zero attached hydrogens (tertiary/aromatic N) is 1. The second-order valence-corrected chi connectivity index (χ2v) is 2.67. The summed E-state index contributed by atoms with van der Waals surface area (Å²) in [6, 6.07) is 0. The van der Waals surface area contributed by atoms with Gasteiger partial charge in [0.05, 0.1) is 6.61 Å². The fourth-order valence-electron chi connectivity index (χ4n) is 1.06. The average molecular weight is 160 g/mol. The molecule has 0 aromatic carbocycles. The average Bonchev–Trinajstić information content (AvgIpc) is 2.01. The van der Waals surface area contributed by atoms with Crippen LogP contribution in [-0.4, -0.2) is 49.8 Å². The molecule has 0 aromatic heterocycles. The van der Waals surface area contributed by atoms with Gasteiger partial charge in [-0.3, -0.25) is 4.90 Å². The van der Waals surface area contributed by atoms with Crippen LogP contribution in [0.2, 0.25) is 0 Å². The minimum atomic E-state index is 0.268. The van der Waals surface area contributed by atoms with Crippen molar-refractivity contribution in [2.45, 2.75) is 13.3 Å². The number of hydrogen-bond acceptors (Lipinski definition) is 3. The van der Waals surface area contributed by atoms with E-state index in [1.807, 2.05) is 7.05 Å². The van der Waals surface area contributed by atoms with Crippen LogP contribution in [0.4, 0.5) is 0 Å². The molecule has 0 atom stereocenters. The molecule has 2 N–H and O–H groups in total. The maximum atomic E-state index is 8.70. The van der Waals surface area contributed by atoms with Crippen molar-refractivity contribution in [1.29, 1.82) is 0 Å². The zero-order chi connectivity index (χ0) is 8.53. The first-order chi connectivity index (χ1) is 5.35. The van der Waals surface area contributed by atoms with Gasteiger partial charge in [-0.05, 0) is 20.0 Å². The zero-order valence-corrected chi connectivity index (χ0v) is 7.64. The van der Waals surface area contributed by atoms with E-state index in [1.165, 1.54) is 0 Å². The summed E-state index contributed by atoms with van der Waals surface area (Å²) < 4.78 is 0. The Balaban J connectivity index is 3.34. The van der Waals surface area contributed by atoms with Crippen molar-refractivity contribution in [3.8, 4) is 0 Å². The van der Waals surface area contributed by atoms with E-state index in [-0.39, 0.29) is 6.61 Å². The largest absolute Gasteiger partial charge is 0.395 e. The topological polar surface area (TPSA) is 35.5 Å². The number of aliphatic hydroxyl groups is 1. The SMILES string of the molecule is CCCN(CCO)CCNC. The molecule has 0 radical (unpaired) electrons. The molecule has 0 aliphatic carbocycles. The lowest BCUT2D eigenvalue weighted by Crippen LogP contribution is -2.33. The molecular weight excluding hydrogens is 140 g/mol. The van der Waals surface area contributed by atoms with Crippen LogP contribution in [0.15, 0.2) is 0 Å². The van der Waals surface area contributed by atoms with Crippen LogP contribution in [0.1, 0.15) is 13.3 Å². The fraction of sp³-hybridized carbons (Fsp3) is 1.00. The van der Waals surface area contributed by atoms with E-state index in [1.54, 1.807) is 0 Å². The Hall–Kier alpha value is -0.120. The summed E-state index contributed by atoms with van der Waals surface area (Å²) in [7, 11) is 1.95. The lowest BCUT2D eigenvalue weighted by Gasteiger charge is -2.19. The number of likely N-dealkylation sites (N-methyl/N-ethyl adjacent to an activating group) is 1. The van der Waals surface area contributed by atoms with Crippen LogP contribution >= 0.6 is 0 Å². The summed E-state index contributed by atoms with van der Waals surface area (Å²) in [5.41, 5.74) is 0. The molecule has 0 spiro atoms. The van der Waals surface area contributed by atoms with Crippen molar-refractivity contribution in [2.24, 2.45) is 0 Å². The molecular formula is C8H20N2O. The minimum absolute atomic E-state index is 0.268. The van der Waals surface area contributed by atoms with E-state index in [9.17, 15) is 0 Å². The Morgan fingerprint density at radius 1 is 1.27 bits per heavy atom. The summed E-state index contributed by atoms with van der Waals surface area (Å²) in [6.45, 7) is 6.34. The molecule has 0 rings (SSSR count). The van der Waals surface area contributed by atoms with Crippen LogP contribution in [-0.2, 0) is 0 Å². The standard InChI is InChI=1S/C8H20N2O/c1-3-5-10(7-8-11)6-4-9-2/h9,11H,3-8H2,1-2H3. The van der Waals surface area contributed by atoms with Gasteiger partial charge in [-0.15, -0.1) is 0 Å². The maximum Gasteiger partial charge on any atom is 0.0558 e. The summed E-state index contributed by atoms with van der Waals surface area (Å²) >= 11 is 0. The third-order valence-corrected chi connectivity index (χ3v) is 1.63. The van der Waals surface area contributed by atoms with Gasteiger partial charge in [0.15, 0.2) is 0 Å². The van der Waals surface area contributed by atoms with Gasteiger partial charge in [-0.2, -0.15) is 0 Å². The van der Waals surface area contributed by atoms with Crippen molar-refractivity contribution in [3.63, 3.8) is 0 Å². The Labute approximate surface area is 69.4 Å². The zero-order valence-electron chi connectivity index (χ0n) is 7.64. The number of aliphatic hydroxyl groups excluding tert-OH is 1. The fourth-order valence-corrected chi connectivity index (χ4v) is 1.06. The van der Waals surface area contributed by atoms with Crippen LogP contribution in [0, 0.1) is 0 Å². The van der Waals surface area contributed by atoms with E-state index < -0.39 is 0 Å². The molecule has 0 bridgehead atoms. The molecule has 0 amide bonds. The van der Waals surface area contributed by atoms with Gasteiger partial charge in [0.1, 0.15) is 0 Å². The monoisotopic (exact) mass is 160 g/mol. The van der Waals surface area contributed by atoms with Crippen molar-refractivity contribution in [2.75, 3.05) is 39.8 Å².